The Bertz CT molecular complexity index is 294. The maximum absolute atomic E-state index is 11.0. The van der Waals surface area contributed by atoms with Crippen molar-refractivity contribution in [3.63, 3.8) is 0 Å². The molecule has 64 valence electrons. The van der Waals surface area contributed by atoms with Gasteiger partial charge in [-0.1, -0.05) is 23.2 Å². The highest BCUT2D eigenvalue weighted by Crippen LogP contribution is 2.14. The van der Waals surface area contributed by atoms with Gasteiger partial charge in [0.05, 0.1) is 0 Å². The molecule has 0 aliphatic carbocycles. The summed E-state index contributed by atoms with van der Waals surface area (Å²) in [6.45, 7) is 0. The molecule has 1 aromatic rings. The highest BCUT2D eigenvalue weighted by atomic mass is 35.5. The average molecular weight is 205 g/mol. The van der Waals surface area contributed by atoms with Crippen molar-refractivity contribution in [2.45, 2.75) is 0 Å². The van der Waals surface area contributed by atoms with Crippen LogP contribution in [-0.2, 0) is 0 Å². The van der Waals surface area contributed by atoms with Crippen molar-refractivity contribution in [2.24, 2.45) is 0 Å². The van der Waals surface area contributed by atoms with Gasteiger partial charge >= 0.3 is 0 Å². The number of aromatic nitrogens is 1. The predicted molar refractivity (Wildman–Crippen MR) is 47.6 cm³/mol. The summed E-state index contributed by atoms with van der Waals surface area (Å²) in [4.78, 5) is 14.8. The van der Waals surface area contributed by atoms with Gasteiger partial charge in [0.25, 0.3) is 5.91 Å². The number of amides is 1. The molecule has 0 spiro atoms. The zero-order valence-electron chi connectivity index (χ0n) is 6.27. The molecule has 0 aromatic carbocycles. The highest BCUT2D eigenvalue weighted by Gasteiger charge is 2.06. The van der Waals surface area contributed by atoms with E-state index in [9.17, 15) is 4.79 Å². The van der Waals surface area contributed by atoms with Crippen LogP contribution < -0.4 is 5.32 Å². The van der Waals surface area contributed by atoms with E-state index in [0.29, 0.717) is 5.02 Å². The standard InChI is InChI=1S/C7H6Cl2N2O/c1-10-7(12)5-2-4(8)3-6(9)11-5/h2-3H,1H3,(H,10,12). The van der Waals surface area contributed by atoms with Crippen molar-refractivity contribution in [1.29, 1.82) is 0 Å². The average Bonchev–Trinajstić information content (AvgIpc) is 2.01. The number of halogens is 2. The molecule has 1 N–H and O–H groups in total. The molecule has 1 aromatic heterocycles. The minimum Gasteiger partial charge on any atom is -0.354 e. The summed E-state index contributed by atoms with van der Waals surface area (Å²) in [6.07, 6.45) is 0. The minimum atomic E-state index is -0.306. The number of nitrogens with one attached hydrogen (secondary N) is 1. The van der Waals surface area contributed by atoms with Crippen molar-refractivity contribution in [2.75, 3.05) is 7.05 Å². The van der Waals surface area contributed by atoms with E-state index in [-0.39, 0.29) is 16.8 Å². The molecule has 0 saturated heterocycles. The van der Waals surface area contributed by atoms with Gasteiger partial charge in [0.1, 0.15) is 10.8 Å². The number of carbonyl (C=O) groups excluding carboxylic acids is 1. The van der Waals surface area contributed by atoms with Gasteiger partial charge in [-0.05, 0) is 12.1 Å². The lowest BCUT2D eigenvalue weighted by Crippen LogP contribution is -2.19. The Morgan fingerprint density at radius 2 is 2.17 bits per heavy atom. The molecule has 0 unspecified atom stereocenters. The van der Waals surface area contributed by atoms with Crippen LogP contribution in [0.15, 0.2) is 12.1 Å². The number of rotatable bonds is 1. The van der Waals surface area contributed by atoms with E-state index in [0.717, 1.165) is 0 Å². The van der Waals surface area contributed by atoms with Crippen LogP contribution in [0.5, 0.6) is 0 Å². The topological polar surface area (TPSA) is 42.0 Å². The van der Waals surface area contributed by atoms with Crippen LogP contribution in [0.25, 0.3) is 0 Å². The molecule has 0 atom stereocenters. The Balaban J connectivity index is 3.08. The van der Waals surface area contributed by atoms with E-state index in [4.69, 9.17) is 23.2 Å². The number of nitrogens with zero attached hydrogens (tertiary/aromatic N) is 1. The Labute approximate surface area is 79.7 Å². The van der Waals surface area contributed by atoms with Crippen molar-refractivity contribution in [3.8, 4) is 0 Å². The van der Waals surface area contributed by atoms with Crippen LogP contribution in [0.3, 0.4) is 0 Å². The summed E-state index contributed by atoms with van der Waals surface area (Å²) in [6, 6.07) is 2.92. The Kier molecular flexibility index (Phi) is 2.89. The van der Waals surface area contributed by atoms with Gasteiger partial charge in [-0.3, -0.25) is 4.79 Å². The molecule has 1 amide bonds. The molecule has 1 heterocycles. The normalized spacial score (nSPS) is 9.58. The lowest BCUT2D eigenvalue weighted by Gasteiger charge is -1.99. The second-order valence-corrected chi connectivity index (χ2v) is 2.90. The molecule has 1 rings (SSSR count). The van der Waals surface area contributed by atoms with Crippen LogP contribution >= 0.6 is 23.2 Å². The van der Waals surface area contributed by atoms with Gasteiger partial charge in [-0.15, -0.1) is 0 Å². The molecular weight excluding hydrogens is 199 g/mol. The lowest BCUT2D eigenvalue weighted by molar-refractivity contribution is 0.0958. The SMILES string of the molecule is CNC(=O)c1cc(Cl)cc(Cl)n1. The first kappa shape index (κ1) is 9.29. The third-order valence-electron chi connectivity index (χ3n) is 1.22. The fourth-order valence-corrected chi connectivity index (χ4v) is 1.18. The van der Waals surface area contributed by atoms with Crippen LogP contribution in [0.1, 0.15) is 10.5 Å². The Morgan fingerprint density at radius 3 is 2.67 bits per heavy atom. The number of hydrogen-bond donors (Lipinski definition) is 1. The van der Waals surface area contributed by atoms with Crippen LogP contribution in [0.2, 0.25) is 10.2 Å². The summed E-state index contributed by atoms with van der Waals surface area (Å²) in [5.74, 6) is -0.306. The van der Waals surface area contributed by atoms with Gasteiger partial charge < -0.3 is 5.32 Å². The van der Waals surface area contributed by atoms with E-state index < -0.39 is 0 Å². The quantitative estimate of drug-likeness (QED) is 0.709. The summed E-state index contributed by atoms with van der Waals surface area (Å²) in [5.41, 5.74) is 0.218. The van der Waals surface area contributed by atoms with E-state index in [1.807, 2.05) is 0 Å². The molecule has 0 radical (unpaired) electrons. The van der Waals surface area contributed by atoms with E-state index >= 15 is 0 Å². The van der Waals surface area contributed by atoms with Crippen LogP contribution in [0.4, 0.5) is 0 Å². The predicted octanol–water partition coefficient (Wildman–Crippen LogP) is 1.75. The van der Waals surface area contributed by atoms with Crippen molar-refractivity contribution >= 4 is 29.1 Å². The molecule has 0 aliphatic heterocycles. The molecule has 12 heavy (non-hydrogen) atoms. The maximum Gasteiger partial charge on any atom is 0.269 e. The largest absolute Gasteiger partial charge is 0.354 e. The van der Waals surface area contributed by atoms with Gasteiger partial charge in [-0.2, -0.15) is 0 Å². The van der Waals surface area contributed by atoms with Crippen molar-refractivity contribution in [1.82, 2.24) is 10.3 Å². The summed E-state index contributed by atoms with van der Waals surface area (Å²) in [7, 11) is 1.51. The molecule has 0 saturated carbocycles. The second-order valence-electron chi connectivity index (χ2n) is 2.07. The third kappa shape index (κ3) is 2.09. The van der Waals surface area contributed by atoms with E-state index in [2.05, 4.69) is 10.3 Å². The summed E-state index contributed by atoms with van der Waals surface area (Å²) in [5, 5.41) is 3.02. The van der Waals surface area contributed by atoms with Crippen LogP contribution in [0, 0.1) is 0 Å². The number of hydrogen-bond acceptors (Lipinski definition) is 2. The monoisotopic (exact) mass is 204 g/mol. The van der Waals surface area contributed by atoms with Crippen molar-refractivity contribution < 1.29 is 4.79 Å². The zero-order chi connectivity index (χ0) is 9.14. The molecule has 0 fully saturated rings. The first-order chi connectivity index (χ1) is 5.63. The fraction of sp³-hybridized carbons (Fsp3) is 0.143. The Morgan fingerprint density at radius 1 is 1.50 bits per heavy atom. The second kappa shape index (κ2) is 3.74. The maximum atomic E-state index is 11.0. The van der Waals surface area contributed by atoms with Gasteiger partial charge in [0.2, 0.25) is 0 Å². The fourth-order valence-electron chi connectivity index (χ4n) is 0.710. The van der Waals surface area contributed by atoms with E-state index in [1.165, 1.54) is 19.2 Å². The van der Waals surface area contributed by atoms with Gasteiger partial charge in [0.15, 0.2) is 0 Å². The van der Waals surface area contributed by atoms with Crippen LogP contribution in [-0.4, -0.2) is 17.9 Å². The lowest BCUT2D eigenvalue weighted by atomic mass is 10.3. The van der Waals surface area contributed by atoms with Crippen molar-refractivity contribution in [3.05, 3.63) is 28.0 Å². The molecule has 0 aliphatic rings. The highest BCUT2D eigenvalue weighted by molar-refractivity contribution is 6.34. The molecule has 0 bridgehead atoms. The first-order valence-corrected chi connectivity index (χ1v) is 3.94. The summed E-state index contributed by atoms with van der Waals surface area (Å²) < 4.78 is 0. The molecule has 3 nitrogen and oxygen atoms in total. The first-order valence-electron chi connectivity index (χ1n) is 3.18. The third-order valence-corrected chi connectivity index (χ3v) is 1.63. The zero-order valence-corrected chi connectivity index (χ0v) is 7.78. The molecular formula is C7H6Cl2N2O. The number of carbonyl (C=O) groups is 1. The minimum absolute atomic E-state index is 0.209. The Hall–Kier alpha value is -0.800. The van der Waals surface area contributed by atoms with Gasteiger partial charge in [0, 0.05) is 12.1 Å². The number of pyridine rings is 1. The molecule has 5 heteroatoms. The smallest absolute Gasteiger partial charge is 0.269 e. The van der Waals surface area contributed by atoms with E-state index in [1.54, 1.807) is 0 Å². The van der Waals surface area contributed by atoms with Gasteiger partial charge in [-0.25, -0.2) is 4.98 Å². The summed E-state index contributed by atoms with van der Waals surface area (Å²) >= 11 is 11.2.